The summed E-state index contributed by atoms with van der Waals surface area (Å²) in [6.45, 7) is 0.0809. The van der Waals surface area contributed by atoms with Crippen LogP contribution in [0.4, 0.5) is 5.82 Å². The van der Waals surface area contributed by atoms with E-state index < -0.39 is 0 Å². The number of hydrogen-bond acceptors (Lipinski definition) is 4. The molecule has 2 rings (SSSR count). The molecule has 5 nitrogen and oxygen atoms in total. The number of aromatic nitrogens is 2. The number of aliphatic hydroxyl groups excluding tert-OH is 1. The van der Waals surface area contributed by atoms with Crippen molar-refractivity contribution < 1.29 is 5.11 Å². The van der Waals surface area contributed by atoms with Gasteiger partial charge in [0.05, 0.1) is 18.5 Å². The van der Waals surface area contributed by atoms with Crippen LogP contribution >= 0.6 is 22.6 Å². The number of halogens is 1. The van der Waals surface area contributed by atoms with Crippen LogP contribution in [0.1, 0.15) is 32.1 Å². The lowest BCUT2D eigenvalue weighted by Crippen LogP contribution is -2.44. The van der Waals surface area contributed by atoms with E-state index in [1.165, 1.54) is 12.7 Å². The van der Waals surface area contributed by atoms with E-state index in [2.05, 4.69) is 15.3 Å². The van der Waals surface area contributed by atoms with Gasteiger partial charge in [-0.1, -0.05) is 19.3 Å². The molecule has 1 aliphatic carbocycles. The normalized spacial score (nSPS) is 18.9. The van der Waals surface area contributed by atoms with Gasteiger partial charge in [0, 0.05) is 0 Å². The summed E-state index contributed by atoms with van der Waals surface area (Å²) in [5.74, 6) is 0.574. The summed E-state index contributed by atoms with van der Waals surface area (Å²) in [7, 11) is 0. The Morgan fingerprint density at radius 1 is 1.47 bits per heavy atom. The predicted molar refractivity (Wildman–Crippen MR) is 74.1 cm³/mol. The van der Waals surface area contributed by atoms with Gasteiger partial charge in [-0.25, -0.2) is 4.98 Å². The van der Waals surface area contributed by atoms with Crippen LogP contribution in [0.15, 0.2) is 11.1 Å². The number of anilines is 1. The Balaban J connectivity index is 2.23. The molecule has 0 saturated heterocycles. The van der Waals surface area contributed by atoms with Gasteiger partial charge < -0.3 is 15.4 Å². The highest BCUT2D eigenvalue weighted by Crippen LogP contribution is 2.31. The van der Waals surface area contributed by atoms with Crippen LogP contribution in [0.25, 0.3) is 0 Å². The van der Waals surface area contributed by atoms with Crippen LogP contribution in [-0.4, -0.2) is 27.2 Å². The van der Waals surface area contributed by atoms with Crippen LogP contribution in [0.3, 0.4) is 0 Å². The van der Waals surface area contributed by atoms with Crippen LogP contribution in [0, 0.1) is 3.57 Å². The van der Waals surface area contributed by atoms with Gasteiger partial charge >= 0.3 is 0 Å². The maximum Gasteiger partial charge on any atom is 0.266 e. The van der Waals surface area contributed by atoms with E-state index in [9.17, 15) is 9.90 Å². The fourth-order valence-corrected chi connectivity index (χ4v) is 2.70. The molecule has 0 bridgehead atoms. The molecule has 1 fully saturated rings. The lowest BCUT2D eigenvalue weighted by atomic mass is 9.82. The minimum Gasteiger partial charge on any atom is -0.394 e. The first-order valence-corrected chi connectivity index (χ1v) is 6.87. The highest BCUT2D eigenvalue weighted by atomic mass is 127. The van der Waals surface area contributed by atoms with Gasteiger partial charge in [-0.05, 0) is 35.4 Å². The van der Waals surface area contributed by atoms with E-state index in [1.54, 1.807) is 0 Å². The largest absolute Gasteiger partial charge is 0.394 e. The number of aromatic amines is 1. The van der Waals surface area contributed by atoms with E-state index in [0.717, 1.165) is 25.7 Å². The van der Waals surface area contributed by atoms with Gasteiger partial charge in [0.2, 0.25) is 0 Å². The fourth-order valence-electron chi connectivity index (χ4n) is 2.27. The Kier molecular flexibility index (Phi) is 4.03. The summed E-state index contributed by atoms with van der Waals surface area (Å²) in [5.41, 5.74) is -0.453. The molecule has 0 atom stereocenters. The first-order chi connectivity index (χ1) is 8.17. The van der Waals surface area contributed by atoms with Crippen molar-refractivity contribution in [1.29, 1.82) is 0 Å². The molecule has 1 saturated carbocycles. The summed E-state index contributed by atoms with van der Waals surface area (Å²) >= 11 is 1.97. The Bertz CT molecular complexity index is 441. The van der Waals surface area contributed by atoms with E-state index in [0.29, 0.717) is 9.39 Å². The Hall–Kier alpha value is -0.630. The molecule has 0 amide bonds. The third kappa shape index (κ3) is 2.79. The number of hydrogen-bond donors (Lipinski definition) is 3. The lowest BCUT2D eigenvalue weighted by molar-refractivity contribution is 0.172. The van der Waals surface area contributed by atoms with Crippen molar-refractivity contribution >= 4 is 28.4 Å². The smallest absolute Gasteiger partial charge is 0.266 e. The number of nitrogens with one attached hydrogen (secondary N) is 2. The molecule has 17 heavy (non-hydrogen) atoms. The quantitative estimate of drug-likeness (QED) is 0.723. The molecule has 6 heteroatoms. The second-order valence-corrected chi connectivity index (χ2v) is 5.60. The van der Waals surface area contributed by atoms with E-state index in [4.69, 9.17) is 0 Å². The van der Waals surface area contributed by atoms with Crippen molar-refractivity contribution in [2.75, 3.05) is 11.9 Å². The second kappa shape index (κ2) is 5.34. The SMILES string of the molecule is O=c1[nH]cnc(NC2(CO)CCCCC2)c1I. The summed E-state index contributed by atoms with van der Waals surface area (Å²) in [4.78, 5) is 18.1. The van der Waals surface area contributed by atoms with Crippen LogP contribution in [-0.2, 0) is 0 Å². The Labute approximate surface area is 113 Å². The van der Waals surface area contributed by atoms with Gasteiger partial charge in [0.25, 0.3) is 5.56 Å². The molecule has 0 aromatic carbocycles. The summed E-state index contributed by atoms with van der Waals surface area (Å²) in [5, 5.41) is 12.8. The Morgan fingerprint density at radius 3 is 2.82 bits per heavy atom. The van der Waals surface area contributed by atoms with Gasteiger partial charge in [0.15, 0.2) is 0 Å². The number of aliphatic hydroxyl groups is 1. The molecule has 1 heterocycles. The van der Waals surface area contributed by atoms with Gasteiger partial charge in [-0.2, -0.15) is 0 Å². The van der Waals surface area contributed by atoms with Crippen molar-refractivity contribution in [1.82, 2.24) is 9.97 Å². The molecule has 1 aromatic heterocycles. The summed E-state index contributed by atoms with van der Waals surface area (Å²) < 4.78 is 0.545. The van der Waals surface area contributed by atoms with Crippen LogP contribution in [0.5, 0.6) is 0 Å². The molecule has 1 aliphatic rings. The molecular weight excluding hydrogens is 333 g/mol. The van der Waals surface area contributed by atoms with Gasteiger partial charge in [-0.3, -0.25) is 4.79 Å². The third-order valence-corrected chi connectivity index (χ3v) is 4.29. The monoisotopic (exact) mass is 349 g/mol. The minimum absolute atomic E-state index is 0.0809. The van der Waals surface area contributed by atoms with Gasteiger partial charge in [0.1, 0.15) is 9.39 Å². The summed E-state index contributed by atoms with van der Waals surface area (Å²) in [6.07, 6.45) is 6.66. The maximum atomic E-state index is 11.5. The molecule has 0 unspecified atom stereocenters. The van der Waals surface area contributed by atoms with Crippen LogP contribution in [0.2, 0.25) is 0 Å². The lowest BCUT2D eigenvalue weighted by Gasteiger charge is -2.37. The number of rotatable bonds is 3. The van der Waals surface area contributed by atoms with Crippen molar-refractivity contribution in [2.45, 2.75) is 37.6 Å². The molecule has 94 valence electrons. The van der Waals surface area contributed by atoms with E-state index in [1.807, 2.05) is 22.6 Å². The highest BCUT2D eigenvalue weighted by molar-refractivity contribution is 14.1. The molecular formula is C11H16IN3O2. The van der Waals surface area contributed by atoms with Crippen molar-refractivity contribution in [3.8, 4) is 0 Å². The third-order valence-electron chi connectivity index (χ3n) is 3.29. The molecule has 3 N–H and O–H groups in total. The van der Waals surface area contributed by atoms with E-state index >= 15 is 0 Å². The average Bonchev–Trinajstić information content (AvgIpc) is 2.36. The van der Waals surface area contributed by atoms with Crippen LogP contribution < -0.4 is 10.9 Å². The predicted octanol–water partition coefficient (Wildman–Crippen LogP) is 1.48. The zero-order valence-corrected chi connectivity index (χ0v) is 11.7. The molecule has 0 aliphatic heterocycles. The zero-order valence-electron chi connectivity index (χ0n) is 9.50. The van der Waals surface area contributed by atoms with Crippen molar-refractivity contribution in [3.05, 3.63) is 20.3 Å². The van der Waals surface area contributed by atoms with E-state index in [-0.39, 0.29) is 17.7 Å². The maximum absolute atomic E-state index is 11.5. The Morgan fingerprint density at radius 2 is 2.18 bits per heavy atom. The molecule has 1 aromatic rings. The first-order valence-electron chi connectivity index (χ1n) is 5.79. The first kappa shape index (κ1) is 12.8. The fraction of sp³-hybridized carbons (Fsp3) is 0.636. The van der Waals surface area contributed by atoms with Gasteiger partial charge in [-0.15, -0.1) is 0 Å². The summed E-state index contributed by atoms with van der Waals surface area (Å²) in [6, 6.07) is 0. The number of nitrogens with zero attached hydrogens (tertiary/aromatic N) is 1. The molecule has 0 spiro atoms. The zero-order chi connectivity index (χ0) is 12.3. The van der Waals surface area contributed by atoms with Crippen molar-refractivity contribution in [2.24, 2.45) is 0 Å². The topological polar surface area (TPSA) is 78.0 Å². The standard InChI is InChI=1S/C11H16IN3O2/c12-8-9(13-7-14-10(8)17)15-11(6-16)4-2-1-3-5-11/h7,16H,1-6H2,(H2,13,14,15,17). The number of H-pyrrole nitrogens is 1. The molecule has 0 radical (unpaired) electrons. The minimum atomic E-state index is -0.307. The second-order valence-electron chi connectivity index (χ2n) is 4.52. The van der Waals surface area contributed by atoms with Crippen molar-refractivity contribution in [3.63, 3.8) is 0 Å². The highest BCUT2D eigenvalue weighted by Gasteiger charge is 2.32. The average molecular weight is 349 g/mol.